The molecule has 5 aromatic carbocycles. The van der Waals surface area contributed by atoms with Gasteiger partial charge in [0.15, 0.2) is 0 Å². The minimum atomic E-state index is -0.524. The third-order valence-electron chi connectivity index (χ3n) is 10.7. The molecule has 53 heavy (non-hydrogen) atoms. The number of aromatic nitrogens is 2. The Bertz CT molecular complexity index is 2270. The van der Waals surface area contributed by atoms with Crippen molar-refractivity contribution in [3.63, 3.8) is 0 Å². The molecule has 1 aliphatic heterocycles. The summed E-state index contributed by atoms with van der Waals surface area (Å²) >= 11 is 0. The summed E-state index contributed by atoms with van der Waals surface area (Å²) in [6, 6.07) is 49.4. The van der Waals surface area contributed by atoms with Gasteiger partial charge in [-0.2, -0.15) is 0 Å². The standard InChI is InChI=1S/C48H43BN2O2/c1-32-13-11-15-34(25-32)45-23-21-36(30-50-45)41-17-7-9-19-43(41)38-27-39(29-40(28-38)49-52-47(3,4)48(5,6)53-49)44-20-10-8-18-42(44)37-22-24-46(51-31-37)35-16-12-14-33(2)26-35/h7-31H,1-6H3. The molecule has 4 nitrogen and oxygen atoms in total. The van der Waals surface area contributed by atoms with Crippen molar-refractivity contribution in [3.05, 3.63) is 163 Å². The highest BCUT2D eigenvalue weighted by molar-refractivity contribution is 6.62. The number of benzene rings is 5. The summed E-state index contributed by atoms with van der Waals surface area (Å²) in [6.45, 7) is 12.6. The van der Waals surface area contributed by atoms with Gasteiger partial charge in [0.25, 0.3) is 0 Å². The molecule has 5 heteroatoms. The molecule has 0 saturated carbocycles. The summed E-state index contributed by atoms with van der Waals surface area (Å²) in [5, 5.41) is 0. The second-order valence-corrected chi connectivity index (χ2v) is 15.1. The first-order valence-corrected chi connectivity index (χ1v) is 18.3. The molecule has 0 aliphatic carbocycles. The zero-order valence-corrected chi connectivity index (χ0v) is 31.2. The smallest absolute Gasteiger partial charge is 0.399 e. The van der Waals surface area contributed by atoms with Crippen LogP contribution in [0.15, 0.2) is 152 Å². The van der Waals surface area contributed by atoms with E-state index in [1.807, 2.05) is 12.4 Å². The SMILES string of the molecule is Cc1cccc(-c2ccc(-c3ccccc3-c3cc(B4OC(C)(C)C(C)(C)O4)cc(-c4ccccc4-c4ccc(-c5cccc(C)c5)nc4)c3)cn2)c1. The van der Waals surface area contributed by atoms with Crippen molar-refractivity contribution in [2.24, 2.45) is 0 Å². The van der Waals surface area contributed by atoms with Crippen LogP contribution in [0.4, 0.5) is 0 Å². The molecular formula is C48H43BN2O2. The number of hydrogen-bond donors (Lipinski definition) is 0. The van der Waals surface area contributed by atoms with Crippen LogP contribution in [-0.4, -0.2) is 28.3 Å². The Kier molecular flexibility index (Phi) is 8.94. The van der Waals surface area contributed by atoms with Gasteiger partial charge < -0.3 is 9.31 Å². The molecule has 2 aromatic heterocycles. The number of nitrogens with zero attached hydrogens (tertiary/aromatic N) is 2. The van der Waals surface area contributed by atoms with Crippen molar-refractivity contribution in [3.8, 4) is 67.0 Å². The summed E-state index contributed by atoms with van der Waals surface area (Å²) in [5.41, 5.74) is 15.3. The lowest BCUT2D eigenvalue weighted by atomic mass is 9.75. The van der Waals surface area contributed by atoms with Gasteiger partial charge in [0.1, 0.15) is 0 Å². The lowest BCUT2D eigenvalue weighted by Gasteiger charge is -2.32. The predicted octanol–water partition coefficient (Wildman–Crippen LogP) is 11.4. The number of rotatable bonds is 7. The lowest BCUT2D eigenvalue weighted by Crippen LogP contribution is -2.41. The number of pyridine rings is 2. The van der Waals surface area contributed by atoms with Gasteiger partial charge in [-0.05, 0) is 111 Å². The zero-order valence-electron chi connectivity index (χ0n) is 31.2. The molecule has 8 rings (SSSR count). The third-order valence-corrected chi connectivity index (χ3v) is 10.7. The highest BCUT2D eigenvalue weighted by atomic mass is 16.7. The van der Waals surface area contributed by atoms with E-state index in [9.17, 15) is 0 Å². The maximum atomic E-state index is 6.65. The van der Waals surface area contributed by atoms with Crippen LogP contribution in [0.1, 0.15) is 38.8 Å². The fraction of sp³-hybridized carbons (Fsp3) is 0.167. The number of aryl methyl sites for hydroxylation is 2. The van der Waals surface area contributed by atoms with E-state index in [0.29, 0.717) is 0 Å². The quantitative estimate of drug-likeness (QED) is 0.156. The molecule has 0 unspecified atom stereocenters. The van der Waals surface area contributed by atoms with E-state index in [-0.39, 0.29) is 0 Å². The highest BCUT2D eigenvalue weighted by Crippen LogP contribution is 2.40. The van der Waals surface area contributed by atoms with Crippen LogP contribution in [-0.2, 0) is 9.31 Å². The summed E-state index contributed by atoms with van der Waals surface area (Å²) in [6.07, 6.45) is 3.97. The molecule has 0 N–H and O–H groups in total. The first-order valence-electron chi connectivity index (χ1n) is 18.3. The molecule has 0 radical (unpaired) electrons. The maximum Gasteiger partial charge on any atom is 0.494 e. The Morgan fingerprint density at radius 3 is 1.21 bits per heavy atom. The van der Waals surface area contributed by atoms with Crippen LogP contribution in [0.5, 0.6) is 0 Å². The molecule has 0 spiro atoms. The van der Waals surface area contributed by atoms with Crippen molar-refractivity contribution < 1.29 is 9.31 Å². The number of hydrogen-bond acceptors (Lipinski definition) is 4. The Morgan fingerprint density at radius 2 is 0.830 bits per heavy atom. The fourth-order valence-electron chi connectivity index (χ4n) is 7.11. The maximum absolute atomic E-state index is 6.65. The average molecular weight is 691 g/mol. The van der Waals surface area contributed by atoms with E-state index in [0.717, 1.165) is 72.5 Å². The topological polar surface area (TPSA) is 44.2 Å². The summed E-state index contributed by atoms with van der Waals surface area (Å²) in [4.78, 5) is 9.82. The van der Waals surface area contributed by atoms with Gasteiger partial charge in [0.2, 0.25) is 0 Å². The van der Waals surface area contributed by atoms with Crippen LogP contribution in [0, 0.1) is 13.8 Å². The van der Waals surface area contributed by atoms with Gasteiger partial charge in [0.05, 0.1) is 22.6 Å². The van der Waals surface area contributed by atoms with Crippen molar-refractivity contribution in [1.82, 2.24) is 9.97 Å². The van der Waals surface area contributed by atoms with Gasteiger partial charge in [-0.3, -0.25) is 9.97 Å². The van der Waals surface area contributed by atoms with Crippen LogP contribution in [0.25, 0.3) is 67.0 Å². The molecule has 0 amide bonds. The van der Waals surface area contributed by atoms with Gasteiger partial charge >= 0.3 is 7.12 Å². The fourth-order valence-corrected chi connectivity index (χ4v) is 7.11. The van der Waals surface area contributed by atoms with Gasteiger partial charge in [-0.25, -0.2) is 0 Å². The van der Waals surface area contributed by atoms with Crippen molar-refractivity contribution >= 4 is 12.6 Å². The van der Waals surface area contributed by atoms with E-state index < -0.39 is 18.3 Å². The minimum absolute atomic E-state index is 0.473. The van der Waals surface area contributed by atoms with Gasteiger partial charge in [-0.1, -0.05) is 120 Å². The van der Waals surface area contributed by atoms with Crippen LogP contribution < -0.4 is 5.46 Å². The molecule has 0 bridgehead atoms. The highest BCUT2D eigenvalue weighted by Gasteiger charge is 2.51. The molecule has 260 valence electrons. The van der Waals surface area contributed by atoms with E-state index in [1.54, 1.807) is 0 Å². The van der Waals surface area contributed by atoms with Crippen molar-refractivity contribution in [2.45, 2.75) is 52.7 Å². The normalized spacial score (nSPS) is 14.7. The summed E-state index contributed by atoms with van der Waals surface area (Å²) in [7, 11) is -0.524. The Morgan fingerprint density at radius 1 is 0.415 bits per heavy atom. The summed E-state index contributed by atoms with van der Waals surface area (Å²) < 4.78 is 13.3. The minimum Gasteiger partial charge on any atom is -0.399 e. The van der Waals surface area contributed by atoms with Crippen molar-refractivity contribution in [1.29, 1.82) is 0 Å². The second-order valence-electron chi connectivity index (χ2n) is 15.1. The first kappa shape index (κ1) is 34.5. The molecule has 1 fully saturated rings. The second kappa shape index (κ2) is 13.7. The first-order chi connectivity index (χ1) is 25.5. The predicted molar refractivity (Wildman–Crippen MR) is 220 cm³/mol. The monoisotopic (exact) mass is 690 g/mol. The Balaban J connectivity index is 1.24. The van der Waals surface area contributed by atoms with E-state index >= 15 is 0 Å². The molecule has 1 aliphatic rings. The third kappa shape index (κ3) is 6.86. The Labute approximate surface area is 313 Å². The summed E-state index contributed by atoms with van der Waals surface area (Å²) in [5.74, 6) is 0. The molecule has 0 atom stereocenters. The van der Waals surface area contributed by atoms with E-state index in [1.165, 1.54) is 11.1 Å². The molecule has 7 aromatic rings. The van der Waals surface area contributed by atoms with E-state index in [2.05, 4.69) is 181 Å². The van der Waals surface area contributed by atoms with Gasteiger partial charge in [0, 0.05) is 34.6 Å². The van der Waals surface area contributed by atoms with Crippen LogP contribution in [0.3, 0.4) is 0 Å². The van der Waals surface area contributed by atoms with Gasteiger partial charge in [-0.15, -0.1) is 0 Å². The average Bonchev–Trinajstić information content (AvgIpc) is 3.40. The lowest BCUT2D eigenvalue weighted by molar-refractivity contribution is 0.00578. The Hall–Kier alpha value is -5.62. The molecule has 1 saturated heterocycles. The van der Waals surface area contributed by atoms with E-state index in [4.69, 9.17) is 19.3 Å². The zero-order chi connectivity index (χ0) is 36.7. The van der Waals surface area contributed by atoms with Crippen LogP contribution in [0.2, 0.25) is 0 Å². The van der Waals surface area contributed by atoms with Crippen LogP contribution >= 0.6 is 0 Å². The van der Waals surface area contributed by atoms with Crippen molar-refractivity contribution in [2.75, 3.05) is 0 Å². The largest absolute Gasteiger partial charge is 0.494 e. The molecular weight excluding hydrogens is 647 g/mol. The molecule has 3 heterocycles.